The van der Waals surface area contributed by atoms with Gasteiger partial charge in [-0.25, -0.2) is 14.8 Å². The van der Waals surface area contributed by atoms with Gasteiger partial charge in [-0.15, -0.1) is 0 Å². The van der Waals surface area contributed by atoms with Gasteiger partial charge in [0.2, 0.25) is 0 Å². The molecular formula is C16H16N4O4S. The molecule has 0 radical (unpaired) electrons. The number of rotatable bonds is 4. The van der Waals surface area contributed by atoms with Crippen LogP contribution < -0.4 is 5.32 Å². The molecule has 0 unspecified atom stereocenters. The molecule has 0 spiro atoms. The highest BCUT2D eigenvalue weighted by Gasteiger charge is 2.21. The Balaban J connectivity index is 1.92. The third-order valence-corrected chi connectivity index (χ3v) is 4.52. The molecule has 130 valence electrons. The minimum Gasteiger partial charge on any atom is -0.462 e. The van der Waals surface area contributed by atoms with E-state index in [1.165, 1.54) is 0 Å². The number of amides is 1. The zero-order valence-electron chi connectivity index (χ0n) is 14.2. The van der Waals surface area contributed by atoms with E-state index in [9.17, 15) is 9.59 Å². The van der Waals surface area contributed by atoms with Gasteiger partial charge in [0, 0.05) is 5.69 Å². The van der Waals surface area contributed by atoms with E-state index in [4.69, 9.17) is 9.26 Å². The number of carbonyl (C=O) groups excluding carboxylic acids is 2. The molecule has 1 N–H and O–H groups in total. The van der Waals surface area contributed by atoms with Crippen molar-refractivity contribution in [3.8, 4) is 0 Å². The average molecular weight is 360 g/mol. The van der Waals surface area contributed by atoms with Gasteiger partial charge in [-0.3, -0.25) is 10.1 Å². The summed E-state index contributed by atoms with van der Waals surface area (Å²) < 4.78 is 10.1. The highest BCUT2D eigenvalue weighted by molar-refractivity contribution is 7.17. The number of aryl methyl sites for hydroxylation is 3. The average Bonchev–Trinajstić information content (AvgIpc) is 3.10. The number of pyridine rings is 1. The van der Waals surface area contributed by atoms with Crippen molar-refractivity contribution in [2.24, 2.45) is 0 Å². The number of carbonyl (C=O) groups is 2. The number of nitrogens with one attached hydrogen (secondary N) is 1. The molecule has 8 nitrogen and oxygen atoms in total. The predicted molar refractivity (Wildman–Crippen MR) is 92.0 cm³/mol. The SMILES string of the molecule is CCOC(=O)c1sc(NC(=O)c2cc(C)nc3onc(C)c23)nc1C. The van der Waals surface area contributed by atoms with E-state index in [1.54, 1.807) is 33.8 Å². The number of esters is 1. The van der Waals surface area contributed by atoms with Crippen LogP contribution in [-0.4, -0.2) is 33.6 Å². The van der Waals surface area contributed by atoms with Crippen LogP contribution in [0.15, 0.2) is 10.6 Å². The first-order valence-electron chi connectivity index (χ1n) is 7.60. The number of ether oxygens (including phenoxy) is 1. The molecule has 0 aliphatic carbocycles. The standard InChI is InChI=1S/C16H16N4O4S/c1-5-23-15(22)12-9(4)18-16(25-12)19-13(21)10-6-7(2)17-14-11(10)8(3)20-24-14/h6H,5H2,1-4H3,(H,18,19,21). The largest absolute Gasteiger partial charge is 0.462 e. The van der Waals surface area contributed by atoms with E-state index in [-0.39, 0.29) is 12.5 Å². The van der Waals surface area contributed by atoms with Gasteiger partial charge in [-0.05, 0) is 33.8 Å². The highest BCUT2D eigenvalue weighted by Crippen LogP contribution is 2.26. The zero-order chi connectivity index (χ0) is 18.1. The van der Waals surface area contributed by atoms with Crippen LogP contribution in [0.25, 0.3) is 11.1 Å². The number of fused-ring (bicyclic) bond motifs is 1. The molecule has 0 atom stereocenters. The number of nitrogens with zero attached hydrogens (tertiary/aromatic N) is 3. The van der Waals surface area contributed by atoms with Crippen LogP contribution in [0.4, 0.5) is 5.13 Å². The lowest BCUT2D eigenvalue weighted by Gasteiger charge is -2.04. The molecule has 1 amide bonds. The van der Waals surface area contributed by atoms with E-state index >= 15 is 0 Å². The van der Waals surface area contributed by atoms with Gasteiger partial charge in [-0.2, -0.15) is 0 Å². The van der Waals surface area contributed by atoms with E-state index in [1.807, 2.05) is 0 Å². The number of hydrogen-bond donors (Lipinski definition) is 1. The van der Waals surface area contributed by atoms with Crippen LogP contribution in [0.3, 0.4) is 0 Å². The second-order valence-corrected chi connectivity index (χ2v) is 6.37. The first kappa shape index (κ1) is 17.0. The molecule has 3 heterocycles. The maximum absolute atomic E-state index is 12.7. The van der Waals surface area contributed by atoms with Crippen LogP contribution >= 0.6 is 11.3 Å². The van der Waals surface area contributed by atoms with Crippen molar-refractivity contribution < 1.29 is 18.8 Å². The minimum absolute atomic E-state index is 0.277. The first-order chi connectivity index (χ1) is 11.9. The molecule has 9 heteroatoms. The van der Waals surface area contributed by atoms with Crippen molar-refractivity contribution in [2.75, 3.05) is 11.9 Å². The molecule has 0 aliphatic heterocycles. The zero-order valence-corrected chi connectivity index (χ0v) is 15.0. The monoisotopic (exact) mass is 360 g/mol. The summed E-state index contributed by atoms with van der Waals surface area (Å²) in [5.41, 5.74) is 2.43. The second-order valence-electron chi connectivity index (χ2n) is 5.37. The predicted octanol–water partition coefficient (Wildman–Crippen LogP) is 3.03. The Morgan fingerprint density at radius 1 is 1.24 bits per heavy atom. The van der Waals surface area contributed by atoms with Gasteiger partial charge in [0.05, 0.1) is 28.9 Å². The number of anilines is 1. The van der Waals surface area contributed by atoms with E-state index in [2.05, 4.69) is 20.4 Å². The fourth-order valence-electron chi connectivity index (χ4n) is 2.40. The third-order valence-electron chi connectivity index (χ3n) is 3.47. The fraction of sp³-hybridized carbons (Fsp3) is 0.312. The fourth-order valence-corrected chi connectivity index (χ4v) is 3.25. The van der Waals surface area contributed by atoms with Gasteiger partial charge in [0.15, 0.2) is 5.13 Å². The molecular weight excluding hydrogens is 344 g/mol. The van der Waals surface area contributed by atoms with Crippen LogP contribution in [0.5, 0.6) is 0 Å². The summed E-state index contributed by atoms with van der Waals surface area (Å²) in [6, 6.07) is 1.66. The summed E-state index contributed by atoms with van der Waals surface area (Å²) >= 11 is 1.07. The molecule has 0 fully saturated rings. The molecule has 0 saturated carbocycles. The summed E-state index contributed by atoms with van der Waals surface area (Å²) in [5.74, 6) is -0.819. The quantitative estimate of drug-likeness (QED) is 0.713. The van der Waals surface area contributed by atoms with Gasteiger partial charge >= 0.3 is 5.97 Å². The van der Waals surface area contributed by atoms with Crippen molar-refractivity contribution >= 4 is 39.4 Å². The lowest BCUT2D eigenvalue weighted by atomic mass is 10.1. The Kier molecular flexibility index (Phi) is 4.49. The van der Waals surface area contributed by atoms with Crippen LogP contribution in [0, 0.1) is 20.8 Å². The maximum Gasteiger partial charge on any atom is 0.350 e. The summed E-state index contributed by atoms with van der Waals surface area (Å²) in [6.07, 6.45) is 0. The van der Waals surface area contributed by atoms with Gasteiger partial charge < -0.3 is 9.26 Å². The van der Waals surface area contributed by atoms with E-state index in [0.29, 0.717) is 43.8 Å². The molecule has 0 aliphatic rings. The van der Waals surface area contributed by atoms with Crippen molar-refractivity contribution in [3.63, 3.8) is 0 Å². The number of hydrogen-bond acceptors (Lipinski definition) is 8. The summed E-state index contributed by atoms with van der Waals surface area (Å²) in [5, 5.41) is 7.45. The Morgan fingerprint density at radius 2 is 2.00 bits per heavy atom. The first-order valence-corrected chi connectivity index (χ1v) is 8.41. The lowest BCUT2D eigenvalue weighted by Crippen LogP contribution is -2.13. The topological polar surface area (TPSA) is 107 Å². The van der Waals surface area contributed by atoms with Crippen LogP contribution in [0.2, 0.25) is 0 Å². The van der Waals surface area contributed by atoms with E-state index < -0.39 is 5.97 Å². The molecule has 0 saturated heterocycles. The normalized spacial score (nSPS) is 10.9. The lowest BCUT2D eigenvalue weighted by molar-refractivity contribution is 0.0531. The molecule has 0 bridgehead atoms. The van der Waals surface area contributed by atoms with Gasteiger partial charge in [0.25, 0.3) is 11.6 Å². The second kappa shape index (κ2) is 6.60. The van der Waals surface area contributed by atoms with Gasteiger partial charge in [0.1, 0.15) is 4.88 Å². The Hall–Kier alpha value is -2.81. The Labute approximate surface area is 147 Å². The molecule has 0 aromatic carbocycles. The number of thiazole rings is 1. The van der Waals surface area contributed by atoms with Crippen molar-refractivity contribution in [2.45, 2.75) is 27.7 Å². The van der Waals surface area contributed by atoms with Crippen LogP contribution in [-0.2, 0) is 4.74 Å². The summed E-state index contributed by atoms with van der Waals surface area (Å²) in [6.45, 7) is 7.21. The minimum atomic E-state index is -0.449. The van der Waals surface area contributed by atoms with Crippen molar-refractivity contribution in [1.29, 1.82) is 0 Å². The smallest absolute Gasteiger partial charge is 0.350 e. The van der Waals surface area contributed by atoms with Crippen molar-refractivity contribution in [1.82, 2.24) is 15.1 Å². The number of aromatic nitrogens is 3. The highest BCUT2D eigenvalue weighted by atomic mass is 32.1. The van der Waals surface area contributed by atoms with Gasteiger partial charge in [-0.1, -0.05) is 16.5 Å². The molecule has 3 rings (SSSR count). The maximum atomic E-state index is 12.7. The molecule has 3 aromatic rings. The third kappa shape index (κ3) is 3.22. The van der Waals surface area contributed by atoms with Crippen molar-refractivity contribution in [3.05, 3.63) is 33.6 Å². The Bertz CT molecular complexity index is 976. The van der Waals surface area contributed by atoms with Crippen LogP contribution in [0.1, 0.15) is 44.0 Å². The summed E-state index contributed by atoms with van der Waals surface area (Å²) in [7, 11) is 0. The molecule has 3 aromatic heterocycles. The molecule has 25 heavy (non-hydrogen) atoms. The Morgan fingerprint density at radius 3 is 2.72 bits per heavy atom. The summed E-state index contributed by atoms with van der Waals surface area (Å²) in [4.78, 5) is 33.4. The van der Waals surface area contributed by atoms with E-state index in [0.717, 1.165) is 11.3 Å².